The van der Waals surface area contributed by atoms with Crippen LogP contribution in [0.3, 0.4) is 0 Å². The number of rotatable bonds is 4. The van der Waals surface area contributed by atoms with E-state index < -0.39 is 23.6 Å². The summed E-state index contributed by atoms with van der Waals surface area (Å²) in [5, 5.41) is 22.3. The molecule has 2 aromatic rings. The molecule has 3 rings (SSSR count). The fraction of sp³-hybridized carbons (Fsp3) is 0.211. The minimum Gasteiger partial charge on any atom is -0.478 e. The molecule has 0 amide bonds. The quantitative estimate of drug-likeness (QED) is 0.838. The molecular weight excluding hydrogens is 373 g/mol. The average molecular weight is 388 g/mol. The SMILES string of the molecule is CC1=C(C#N)C(c2ccccc2C(F)(F)F)C(C(=O)O)=C(Cn2ccnc2)N1. The predicted octanol–water partition coefficient (Wildman–Crippen LogP) is 3.43. The molecule has 0 saturated heterocycles. The first-order valence-corrected chi connectivity index (χ1v) is 8.20. The molecule has 1 aromatic heterocycles. The summed E-state index contributed by atoms with van der Waals surface area (Å²) in [7, 11) is 0. The third-order valence-electron chi connectivity index (χ3n) is 4.47. The number of carboxylic acid groups (broad SMARTS) is 1. The summed E-state index contributed by atoms with van der Waals surface area (Å²) in [5.74, 6) is -2.75. The van der Waals surface area contributed by atoms with Crippen molar-refractivity contribution in [3.63, 3.8) is 0 Å². The maximum absolute atomic E-state index is 13.6. The first-order chi connectivity index (χ1) is 13.2. The minimum absolute atomic E-state index is 0.0579. The molecule has 2 heterocycles. The zero-order chi connectivity index (χ0) is 20.5. The van der Waals surface area contributed by atoms with Crippen molar-refractivity contribution in [2.24, 2.45) is 0 Å². The number of halogens is 3. The van der Waals surface area contributed by atoms with Crippen LogP contribution in [0.2, 0.25) is 0 Å². The molecule has 0 bridgehead atoms. The van der Waals surface area contributed by atoms with E-state index in [9.17, 15) is 28.3 Å². The molecule has 144 valence electrons. The fourth-order valence-corrected chi connectivity index (χ4v) is 3.30. The zero-order valence-corrected chi connectivity index (χ0v) is 14.7. The molecule has 0 saturated carbocycles. The summed E-state index contributed by atoms with van der Waals surface area (Å²) >= 11 is 0. The van der Waals surface area contributed by atoms with Crippen LogP contribution >= 0.6 is 0 Å². The van der Waals surface area contributed by atoms with E-state index in [-0.39, 0.29) is 29.0 Å². The van der Waals surface area contributed by atoms with Crippen LogP contribution in [-0.4, -0.2) is 20.6 Å². The highest BCUT2D eigenvalue weighted by molar-refractivity contribution is 5.91. The molecule has 2 N–H and O–H groups in total. The van der Waals surface area contributed by atoms with E-state index in [1.807, 2.05) is 6.07 Å². The van der Waals surface area contributed by atoms with E-state index in [0.29, 0.717) is 5.70 Å². The Labute approximate surface area is 158 Å². The van der Waals surface area contributed by atoms with Crippen LogP contribution in [0.1, 0.15) is 24.0 Å². The van der Waals surface area contributed by atoms with Gasteiger partial charge in [0.1, 0.15) is 0 Å². The lowest BCUT2D eigenvalue weighted by molar-refractivity contribution is -0.139. The Kier molecular flexibility index (Phi) is 4.96. The largest absolute Gasteiger partial charge is 0.478 e. The maximum Gasteiger partial charge on any atom is 0.416 e. The fourth-order valence-electron chi connectivity index (χ4n) is 3.30. The third kappa shape index (κ3) is 3.49. The number of alkyl halides is 3. The highest BCUT2D eigenvalue weighted by atomic mass is 19.4. The van der Waals surface area contributed by atoms with Gasteiger partial charge < -0.3 is 15.0 Å². The minimum atomic E-state index is -4.69. The number of imidazole rings is 1. The number of dihydropyridines is 1. The van der Waals surface area contributed by atoms with Gasteiger partial charge in [0.2, 0.25) is 0 Å². The first kappa shape index (κ1) is 19.2. The highest BCUT2D eigenvalue weighted by Gasteiger charge is 2.41. The van der Waals surface area contributed by atoms with E-state index in [2.05, 4.69) is 10.3 Å². The van der Waals surface area contributed by atoms with Crippen molar-refractivity contribution in [2.45, 2.75) is 25.6 Å². The Bertz CT molecular complexity index is 1010. The molecule has 0 fully saturated rings. The van der Waals surface area contributed by atoms with Crippen molar-refractivity contribution in [3.05, 3.63) is 76.7 Å². The lowest BCUT2D eigenvalue weighted by Gasteiger charge is -2.30. The summed E-state index contributed by atoms with van der Waals surface area (Å²) in [6.45, 7) is 1.59. The molecule has 28 heavy (non-hydrogen) atoms. The van der Waals surface area contributed by atoms with E-state index >= 15 is 0 Å². The van der Waals surface area contributed by atoms with Gasteiger partial charge in [-0.2, -0.15) is 18.4 Å². The first-order valence-electron chi connectivity index (χ1n) is 8.20. The van der Waals surface area contributed by atoms with E-state index in [0.717, 1.165) is 6.07 Å². The van der Waals surface area contributed by atoms with Crippen molar-refractivity contribution in [2.75, 3.05) is 0 Å². The number of carboxylic acids is 1. The summed E-state index contributed by atoms with van der Waals surface area (Å²) in [6.07, 6.45) is -0.120. The second-order valence-corrected chi connectivity index (χ2v) is 6.23. The Hall–Kier alpha value is -3.54. The van der Waals surface area contributed by atoms with Crippen molar-refractivity contribution in [1.29, 1.82) is 5.26 Å². The Morgan fingerprint density at radius 1 is 1.39 bits per heavy atom. The maximum atomic E-state index is 13.6. The van der Waals surface area contributed by atoms with Crippen LogP contribution in [0.15, 0.2) is 65.5 Å². The van der Waals surface area contributed by atoms with Crippen LogP contribution in [0.25, 0.3) is 0 Å². The lowest BCUT2D eigenvalue weighted by atomic mass is 9.79. The number of nitrogens with zero attached hydrogens (tertiary/aromatic N) is 3. The molecule has 1 unspecified atom stereocenters. The molecule has 9 heteroatoms. The molecule has 0 aliphatic carbocycles. The summed E-state index contributed by atoms with van der Waals surface area (Å²) in [5.41, 5.74) is -1.10. The van der Waals surface area contributed by atoms with Crippen molar-refractivity contribution in [3.8, 4) is 6.07 Å². The smallest absolute Gasteiger partial charge is 0.416 e. The zero-order valence-electron chi connectivity index (χ0n) is 14.7. The second kappa shape index (κ2) is 7.23. The number of nitrogens with one attached hydrogen (secondary N) is 1. The lowest BCUT2D eigenvalue weighted by Crippen LogP contribution is -2.31. The van der Waals surface area contributed by atoms with Crippen LogP contribution < -0.4 is 5.32 Å². The van der Waals surface area contributed by atoms with Gasteiger partial charge in [-0.25, -0.2) is 9.78 Å². The number of carbonyl (C=O) groups is 1. The van der Waals surface area contributed by atoms with Crippen LogP contribution in [0.4, 0.5) is 13.2 Å². The van der Waals surface area contributed by atoms with Crippen LogP contribution in [-0.2, 0) is 17.5 Å². The van der Waals surface area contributed by atoms with E-state index in [1.54, 1.807) is 10.8 Å². The summed E-state index contributed by atoms with van der Waals surface area (Å²) < 4.78 is 42.3. The van der Waals surface area contributed by atoms with Gasteiger partial charge in [-0.3, -0.25) is 0 Å². The van der Waals surface area contributed by atoms with Crippen molar-refractivity contribution < 1.29 is 23.1 Å². The molecule has 1 aliphatic rings. The third-order valence-corrected chi connectivity index (χ3v) is 4.47. The average Bonchev–Trinajstić information content (AvgIpc) is 3.13. The number of benzene rings is 1. The van der Waals surface area contributed by atoms with Crippen LogP contribution in [0, 0.1) is 11.3 Å². The number of aliphatic carboxylic acids is 1. The molecule has 0 radical (unpaired) electrons. The monoisotopic (exact) mass is 388 g/mol. The van der Waals surface area contributed by atoms with Gasteiger partial charge >= 0.3 is 12.1 Å². The highest BCUT2D eigenvalue weighted by Crippen LogP contribution is 2.43. The van der Waals surface area contributed by atoms with Crippen molar-refractivity contribution in [1.82, 2.24) is 14.9 Å². The second-order valence-electron chi connectivity index (χ2n) is 6.23. The predicted molar refractivity (Wildman–Crippen MR) is 92.5 cm³/mol. The van der Waals surface area contributed by atoms with Crippen LogP contribution in [0.5, 0.6) is 0 Å². The number of aromatic nitrogens is 2. The van der Waals surface area contributed by atoms with Gasteiger partial charge in [-0.05, 0) is 18.6 Å². The van der Waals surface area contributed by atoms with Crippen molar-refractivity contribution >= 4 is 5.97 Å². The number of allylic oxidation sites excluding steroid dienone is 3. The Balaban J connectivity index is 2.25. The van der Waals surface area contributed by atoms with Gasteiger partial charge in [0.25, 0.3) is 0 Å². The summed E-state index contributed by atoms with van der Waals surface area (Å²) in [4.78, 5) is 16.0. The van der Waals surface area contributed by atoms with Gasteiger partial charge in [-0.15, -0.1) is 0 Å². The topological polar surface area (TPSA) is 90.9 Å². The summed E-state index contributed by atoms with van der Waals surface area (Å²) in [6, 6.07) is 6.60. The number of hydrogen-bond acceptors (Lipinski definition) is 4. The molecule has 1 aliphatic heterocycles. The molecule has 0 spiro atoms. The number of nitriles is 1. The van der Waals surface area contributed by atoms with Gasteiger partial charge in [0.15, 0.2) is 0 Å². The molecule has 1 aromatic carbocycles. The van der Waals surface area contributed by atoms with E-state index in [4.69, 9.17) is 0 Å². The van der Waals surface area contributed by atoms with Gasteiger partial charge in [0.05, 0.1) is 41.6 Å². The van der Waals surface area contributed by atoms with Gasteiger partial charge in [-0.1, -0.05) is 18.2 Å². The molecule has 6 nitrogen and oxygen atoms in total. The Morgan fingerprint density at radius 3 is 2.68 bits per heavy atom. The molecular formula is C19H15F3N4O2. The number of hydrogen-bond donors (Lipinski definition) is 2. The standard InChI is InChI=1S/C19H15F3N4O2/c1-11-13(8-23)16(12-4-2-3-5-14(12)19(20,21)22)17(18(27)28)15(25-11)9-26-7-6-24-10-26/h2-7,10,16,25H,9H2,1H3,(H,27,28). The van der Waals surface area contributed by atoms with E-state index in [1.165, 1.54) is 37.6 Å². The Morgan fingerprint density at radius 2 is 2.11 bits per heavy atom. The van der Waals surface area contributed by atoms with Gasteiger partial charge in [0, 0.05) is 23.8 Å². The molecule has 1 atom stereocenters. The normalized spacial score (nSPS) is 17.3.